The van der Waals surface area contributed by atoms with Crippen LogP contribution in [0.25, 0.3) is 0 Å². The van der Waals surface area contributed by atoms with Gasteiger partial charge in [0.15, 0.2) is 5.78 Å². The number of methoxy groups -OCH3 is 1. The van der Waals surface area contributed by atoms with Crippen molar-refractivity contribution in [1.82, 2.24) is 0 Å². The smallest absolute Gasteiger partial charge is 0.305 e. The maximum atomic E-state index is 11.9. The van der Waals surface area contributed by atoms with Gasteiger partial charge in [-0.1, -0.05) is 19.4 Å². The second-order valence-electron chi connectivity index (χ2n) is 5.15. The highest BCUT2D eigenvalue weighted by Crippen LogP contribution is 2.50. The van der Waals surface area contributed by atoms with E-state index in [1.54, 1.807) is 6.08 Å². The molecule has 16 heavy (non-hydrogen) atoms. The monoisotopic (exact) mass is 222 g/mol. The third kappa shape index (κ3) is 1.79. The van der Waals surface area contributed by atoms with E-state index in [4.69, 9.17) is 4.74 Å². The molecule has 2 aliphatic rings. The van der Waals surface area contributed by atoms with Crippen molar-refractivity contribution in [2.45, 2.75) is 32.6 Å². The van der Waals surface area contributed by atoms with E-state index >= 15 is 0 Å². The second kappa shape index (κ2) is 4.04. The lowest BCUT2D eigenvalue weighted by molar-refractivity contribution is -0.143. The molecule has 0 heterocycles. The van der Waals surface area contributed by atoms with Crippen LogP contribution in [0.2, 0.25) is 0 Å². The number of rotatable bonds is 2. The van der Waals surface area contributed by atoms with Crippen LogP contribution in [0.5, 0.6) is 0 Å². The fourth-order valence-electron chi connectivity index (χ4n) is 3.24. The van der Waals surface area contributed by atoms with Crippen molar-refractivity contribution in [3.8, 4) is 0 Å². The van der Waals surface area contributed by atoms with E-state index < -0.39 is 0 Å². The number of esters is 1. The molecule has 88 valence electrons. The number of fused-ring (bicyclic) bond motifs is 1. The first-order valence-corrected chi connectivity index (χ1v) is 5.87. The predicted molar refractivity (Wildman–Crippen MR) is 59.7 cm³/mol. The first-order valence-electron chi connectivity index (χ1n) is 5.87. The number of allylic oxidation sites excluding steroid dienone is 2. The fourth-order valence-corrected chi connectivity index (χ4v) is 3.24. The van der Waals surface area contributed by atoms with E-state index in [2.05, 4.69) is 6.92 Å². The molecule has 0 aromatic heterocycles. The first kappa shape index (κ1) is 11.4. The molecule has 2 aliphatic carbocycles. The Morgan fingerprint density at radius 1 is 1.62 bits per heavy atom. The van der Waals surface area contributed by atoms with Crippen molar-refractivity contribution in [2.75, 3.05) is 7.11 Å². The summed E-state index contributed by atoms with van der Waals surface area (Å²) in [7, 11) is 1.40. The lowest BCUT2D eigenvalue weighted by Crippen LogP contribution is -2.37. The second-order valence-corrected chi connectivity index (χ2v) is 5.15. The highest BCUT2D eigenvalue weighted by molar-refractivity contribution is 5.96. The van der Waals surface area contributed by atoms with Crippen LogP contribution in [0.4, 0.5) is 0 Å². The van der Waals surface area contributed by atoms with Gasteiger partial charge in [0.25, 0.3) is 0 Å². The average Bonchev–Trinajstić information content (AvgIpc) is 2.56. The maximum Gasteiger partial charge on any atom is 0.305 e. The van der Waals surface area contributed by atoms with Gasteiger partial charge in [-0.3, -0.25) is 9.59 Å². The van der Waals surface area contributed by atoms with Crippen LogP contribution in [0.3, 0.4) is 0 Å². The maximum absolute atomic E-state index is 11.9. The van der Waals surface area contributed by atoms with E-state index in [1.165, 1.54) is 7.11 Å². The third-order valence-corrected chi connectivity index (χ3v) is 4.06. The van der Waals surface area contributed by atoms with Crippen molar-refractivity contribution >= 4 is 11.8 Å². The molecule has 3 heteroatoms. The molecular formula is C13H18O3. The van der Waals surface area contributed by atoms with Gasteiger partial charge in [0.1, 0.15) is 0 Å². The Balaban J connectivity index is 2.15. The van der Waals surface area contributed by atoms with E-state index in [0.29, 0.717) is 6.42 Å². The van der Waals surface area contributed by atoms with Gasteiger partial charge in [-0.25, -0.2) is 0 Å². The Hall–Kier alpha value is -1.12. The summed E-state index contributed by atoms with van der Waals surface area (Å²) in [6.07, 6.45) is 7.21. The Morgan fingerprint density at radius 3 is 3.06 bits per heavy atom. The number of carbonyl (C=O) groups excluding carboxylic acids is 2. The minimum Gasteiger partial charge on any atom is -0.469 e. The lowest BCUT2D eigenvalue weighted by atomic mass is 9.63. The zero-order chi connectivity index (χ0) is 11.8. The van der Waals surface area contributed by atoms with E-state index in [1.807, 2.05) is 6.08 Å². The standard InChI is InChI=1S/C13H18O3/c1-13-6-3-4-9(8-11(15)16-2)12(13)10(14)5-7-13/h5,7,9,12H,3-4,6,8H2,1-2H3/t9?,12-,13+/m0/s1. The summed E-state index contributed by atoms with van der Waals surface area (Å²) < 4.78 is 4.70. The molecule has 3 atom stereocenters. The minimum atomic E-state index is -0.200. The van der Waals surface area contributed by atoms with E-state index in [-0.39, 0.29) is 29.0 Å². The molecule has 1 saturated carbocycles. The van der Waals surface area contributed by atoms with Crippen LogP contribution < -0.4 is 0 Å². The SMILES string of the molecule is COC(=O)CC1CCC[C@]2(C)C=CC(=O)[C@H]12. The van der Waals surface area contributed by atoms with Crippen LogP contribution in [0.1, 0.15) is 32.6 Å². The number of ether oxygens (including phenoxy) is 1. The van der Waals surface area contributed by atoms with Crippen LogP contribution in [0, 0.1) is 17.3 Å². The summed E-state index contributed by atoms with van der Waals surface area (Å²) in [6, 6.07) is 0. The number of carbonyl (C=O) groups is 2. The number of hydrogen-bond acceptors (Lipinski definition) is 3. The third-order valence-electron chi connectivity index (χ3n) is 4.06. The van der Waals surface area contributed by atoms with Gasteiger partial charge in [0.2, 0.25) is 0 Å². The molecule has 0 aromatic rings. The Kier molecular flexibility index (Phi) is 2.87. The normalized spacial score (nSPS) is 37.2. The Morgan fingerprint density at radius 2 is 2.38 bits per heavy atom. The molecule has 0 N–H and O–H groups in total. The summed E-state index contributed by atoms with van der Waals surface area (Å²) in [5, 5.41) is 0. The van der Waals surface area contributed by atoms with E-state index in [9.17, 15) is 9.59 Å². The number of ketones is 1. The van der Waals surface area contributed by atoms with Crippen LogP contribution >= 0.6 is 0 Å². The summed E-state index contributed by atoms with van der Waals surface area (Å²) in [5.41, 5.74) is -0.0198. The van der Waals surface area contributed by atoms with Gasteiger partial charge in [0.05, 0.1) is 7.11 Å². The number of hydrogen-bond donors (Lipinski definition) is 0. The first-order chi connectivity index (χ1) is 7.57. The molecule has 1 unspecified atom stereocenters. The van der Waals surface area contributed by atoms with Gasteiger partial charge >= 0.3 is 5.97 Å². The van der Waals surface area contributed by atoms with Crippen molar-refractivity contribution in [3.05, 3.63) is 12.2 Å². The molecule has 0 saturated heterocycles. The summed E-state index contributed by atoms with van der Waals surface area (Å²) in [4.78, 5) is 23.2. The summed E-state index contributed by atoms with van der Waals surface area (Å²) >= 11 is 0. The molecule has 0 aromatic carbocycles. The summed E-state index contributed by atoms with van der Waals surface area (Å²) in [5.74, 6) is 0.152. The average molecular weight is 222 g/mol. The van der Waals surface area contributed by atoms with Crippen LogP contribution in [0.15, 0.2) is 12.2 Å². The Labute approximate surface area is 95.9 Å². The quantitative estimate of drug-likeness (QED) is 0.672. The summed E-state index contributed by atoms with van der Waals surface area (Å²) in [6.45, 7) is 2.13. The van der Waals surface area contributed by atoms with Crippen molar-refractivity contribution in [2.24, 2.45) is 17.3 Å². The van der Waals surface area contributed by atoms with Crippen molar-refractivity contribution < 1.29 is 14.3 Å². The molecule has 0 amide bonds. The zero-order valence-corrected chi connectivity index (χ0v) is 9.86. The molecule has 0 aliphatic heterocycles. The van der Waals surface area contributed by atoms with Gasteiger partial charge in [-0.15, -0.1) is 0 Å². The molecular weight excluding hydrogens is 204 g/mol. The van der Waals surface area contributed by atoms with Gasteiger partial charge in [-0.05, 0) is 30.3 Å². The molecule has 2 rings (SSSR count). The Bertz CT molecular complexity index is 345. The van der Waals surface area contributed by atoms with Gasteiger partial charge in [0, 0.05) is 12.3 Å². The molecule has 3 nitrogen and oxygen atoms in total. The van der Waals surface area contributed by atoms with Crippen molar-refractivity contribution in [1.29, 1.82) is 0 Å². The molecule has 0 bridgehead atoms. The van der Waals surface area contributed by atoms with Crippen molar-refractivity contribution in [3.63, 3.8) is 0 Å². The molecule has 0 spiro atoms. The predicted octanol–water partition coefficient (Wildman–Crippen LogP) is 2.11. The molecule has 0 radical (unpaired) electrons. The van der Waals surface area contributed by atoms with Gasteiger partial charge in [-0.2, -0.15) is 0 Å². The molecule has 1 fully saturated rings. The van der Waals surface area contributed by atoms with Gasteiger partial charge < -0.3 is 4.74 Å². The topological polar surface area (TPSA) is 43.4 Å². The zero-order valence-electron chi connectivity index (χ0n) is 9.86. The fraction of sp³-hybridized carbons (Fsp3) is 0.692. The minimum absolute atomic E-state index is 0.000324. The lowest BCUT2D eigenvalue weighted by Gasteiger charge is -2.39. The van der Waals surface area contributed by atoms with Crippen LogP contribution in [-0.2, 0) is 14.3 Å². The highest BCUT2D eigenvalue weighted by atomic mass is 16.5. The highest BCUT2D eigenvalue weighted by Gasteiger charge is 2.47. The van der Waals surface area contributed by atoms with E-state index in [0.717, 1.165) is 19.3 Å². The van der Waals surface area contributed by atoms with Crippen LogP contribution in [-0.4, -0.2) is 18.9 Å². The largest absolute Gasteiger partial charge is 0.469 e.